The van der Waals surface area contributed by atoms with Crippen LogP contribution in [0.2, 0.25) is 0 Å². The van der Waals surface area contributed by atoms with Crippen molar-refractivity contribution in [1.82, 2.24) is 4.90 Å². The Kier molecular flexibility index (Phi) is 7.37. The maximum absolute atomic E-state index is 11.6. The number of carbonyl (C=O) groups is 3. The topological polar surface area (TPSA) is 121 Å². The van der Waals surface area contributed by atoms with Crippen molar-refractivity contribution in [2.75, 3.05) is 12.3 Å². The highest BCUT2D eigenvalue weighted by atomic mass is 32.1. The Balaban J connectivity index is 0.000000631. The fraction of sp³-hybridized carbons (Fsp3) is 0.700. The molecular formula is C10H18N2O5S. The van der Waals surface area contributed by atoms with Gasteiger partial charge in [0.05, 0.1) is 6.04 Å². The molecule has 4 N–H and O–H groups in total. The van der Waals surface area contributed by atoms with Gasteiger partial charge in [0.2, 0.25) is 5.91 Å². The average molecular weight is 278 g/mol. The first-order valence-corrected chi connectivity index (χ1v) is 6.03. The highest BCUT2D eigenvalue weighted by molar-refractivity contribution is 7.80. The summed E-state index contributed by atoms with van der Waals surface area (Å²) in [5, 5.41) is 16.2. The monoisotopic (exact) mass is 278 g/mol. The highest BCUT2D eigenvalue weighted by Crippen LogP contribution is 2.18. The van der Waals surface area contributed by atoms with E-state index in [0.717, 1.165) is 13.3 Å². The number of nitrogens with two attached hydrogens (primary N) is 1. The third-order valence-electron chi connectivity index (χ3n) is 2.33. The van der Waals surface area contributed by atoms with E-state index < -0.39 is 24.0 Å². The molecule has 0 bridgehead atoms. The number of aliphatic carboxylic acids is 2. The molecule has 1 saturated heterocycles. The smallest absolute Gasteiger partial charge is 0.326 e. The largest absolute Gasteiger partial charge is 0.481 e. The second-order valence-electron chi connectivity index (χ2n) is 3.84. The summed E-state index contributed by atoms with van der Waals surface area (Å²) in [6.07, 6.45) is 1.24. The zero-order valence-corrected chi connectivity index (χ0v) is 11.0. The fourth-order valence-electron chi connectivity index (χ4n) is 1.58. The van der Waals surface area contributed by atoms with Crippen LogP contribution < -0.4 is 5.73 Å². The second-order valence-corrected chi connectivity index (χ2v) is 4.20. The summed E-state index contributed by atoms with van der Waals surface area (Å²) in [6, 6.07) is -1.40. The van der Waals surface area contributed by atoms with Gasteiger partial charge >= 0.3 is 5.97 Å². The average Bonchev–Trinajstić information content (AvgIpc) is 2.75. The Hall–Kier alpha value is -1.28. The lowest BCUT2D eigenvalue weighted by molar-refractivity contribution is -0.148. The molecule has 0 saturated carbocycles. The molecule has 0 aromatic heterocycles. The van der Waals surface area contributed by atoms with Gasteiger partial charge in [-0.25, -0.2) is 4.79 Å². The van der Waals surface area contributed by atoms with E-state index in [4.69, 9.17) is 20.7 Å². The molecule has 1 heterocycles. The molecule has 0 aromatic rings. The lowest BCUT2D eigenvalue weighted by atomic mass is 10.2. The van der Waals surface area contributed by atoms with Gasteiger partial charge in [-0.2, -0.15) is 12.6 Å². The van der Waals surface area contributed by atoms with Gasteiger partial charge in [-0.05, 0) is 12.8 Å². The number of thiol groups is 1. The summed E-state index contributed by atoms with van der Waals surface area (Å²) in [5.74, 6) is -1.87. The van der Waals surface area contributed by atoms with E-state index in [-0.39, 0.29) is 11.7 Å². The van der Waals surface area contributed by atoms with E-state index in [0.29, 0.717) is 13.0 Å². The molecule has 1 fully saturated rings. The molecule has 0 aliphatic carbocycles. The van der Waals surface area contributed by atoms with Gasteiger partial charge in [-0.3, -0.25) is 9.59 Å². The Bertz CT molecular complexity index is 319. The number of nitrogens with zero attached hydrogens (tertiary/aromatic N) is 1. The number of rotatable bonds is 3. The molecule has 8 heteroatoms. The quantitative estimate of drug-likeness (QED) is 0.512. The summed E-state index contributed by atoms with van der Waals surface area (Å²) in [7, 11) is 0. The molecule has 0 aromatic carbocycles. The van der Waals surface area contributed by atoms with E-state index in [9.17, 15) is 9.59 Å². The van der Waals surface area contributed by atoms with Crippen LogP contribution in [-0.4, -0.2) is 57.3 Å². The molecular weight excluding hydrogens is 260 g/mol. The van der Waals surface area contributed by atoms with Crippen LogP contribution in [0.4, 0.5) is 0 Å². The maximum Gasteiger partial charge on any atom is 0.326 e. The number of carbonyl (C=O) groups excluding carboxylic acids is 1. The van der Waals surface area contributed by atoms with Crippen molar-refractivity contribution in [3.8, 4) is 0 Å². The van der Waals surface area contributed by atoms with Crippen molar-refractivity contribution < 1.29 is 24.6 Å². The number of likely N-dealkylation sites (tertiary alicyclic amines) is 1. The van der Waals surface area contributed by atoms with Crippen molar-refractivity contribution in [1.29, 1.82) is 0 Å². The fourth-order valence-corrected chi connectivity index (χ4v) is 1.73. The Morgan fingerprint density at radius 2 is 1.94 bits per heavy atom. The number of hydrogen-bond donors (Lipinski definition) is 4. The molecule has 104 valence electrons. The van der Waals surface area contributed by atoms with Crippen LogP contribution in [0.3, 0.4) is 0 Å². The van der Waals surface area contributed by atoms with Gasteiger partial charge in [0.15, 0.2) is 0 Å². The molecule has 1 rings (SSSR count). The molecule has 0 spiro atoms. The van der Waals surface area contributed by atoms with Crippen LogP contribution in [0, 0.1) is 0 Å². The number of amides is 1. The number of hydrogen-bond acceptors (Lipinski definition) is 5. The zero-order chi connectivity index (χ0) is 14.3. The summed E-state index contributed by atoms with van der Waals surface area (Å²) < 4.78 is 0. The van der Waals surface area contributed by atoms with E-state index >= 15 is 0 Å². The van der Waals surface area contributed by atoms with Crippen molar-refractivity contribution >= 4 is 30.5 Å². The van der Waals surface area contributed by atoms with Gasteiger partial charge in [0.1, 0.15) is 6.04 Å². The first kappa shape index (κ1) is 16.7. The predicted octanol–water partition coefficient (Wildman–Crippen LogP) is -0.590. The van der Waals surface area contributed by atoms with Crippen LogP contribution in [0.5, 0.6) is 0 Å². The molecule has 1 amide bonds. The molecule has 2 atom stereocenters. The molecule has 0 unspecified atom stereocenters. The lowest BCUT2D eigenvalue weighted by Crippen LogP contribution is -2.49. The van der Waals surface area contributed by atoms with Crippen molar-refractivity contribution in [2.24, 2.45) is 5.73 Å². The Morgan fingerprint density at radius 3 is 2.33 bits per heavy atom. The number of carboxylic acids is 2. The van der Waals surface area contributed by atoms with E-state index in [1.54, 1.807) is 0 Å². The van der Waals surface area contributed by atoms with Crippen LogP contribution in [0.15, 0.2) is 0 Å². The van der Waals surface area contributed by atoms with Crippen molar-refractivity contribution in [2.45, 2.75) is 31.8 Å². The van der Waals surface area contributed by atoms with Gasteiger partial charge in [0.25, 0.3) is 5.97 Å². The van der Waals surface area contributed by atoms with Crippen molar-refractivity contribution in [3.05, 3.63) is 0 Å². The molecule has 18 heavy (non-hydrogen) atoms. The molecule has 1 aliphatic heterocycles. The third kappa shape index (κ3) is 5.37. The summed E-state index contributed by atoms with van der Waals surface area (Å²) in [4.78, 5) is 32.7. The van der Waals surface area contributed by atoms with Crippen LogP contribution in [0.1, 0.15) is 19.8 Å². The zero-order valence-electron chi connectivity index (χ0n) is 10.1. The third-order valence-corrected chi connectivity index (χ3v) is 2.73. The van der Waals surface area contributed by atoms with Gasteiger partial charge in [0, 0.05) is 19.2 Å². The lowest BCUT2D eigenvalue weighted by Gasteiger charge is -2.23. The molecule has 0 radical (unpaired) electrons. The Morgan fingerprint density at radius 1 is 1.44 bits per heavy atom. The van der Waals surface area contributed by atoms with E-state index in [2.05, 4.69) is 12.6 Å². The Labute approximate surface area is 110 Å². The van der Waals surface area contributed by atoms with Crippen LogP contribution >= 0.6 is 12.6 Å². The summed E-state index contributed by atoms with van der Waals surface area (Å²) in [5.41, 5.74) is 5.50. The van der Waals surface area contributed by atoms with Gasteiger partial charge in [-0.1, -0.05) is 0 Å². The van der Waals surface area contributed by atoms with Crippen molar-refractivity contribution in [3.63, 3.8) is 0 Å². The predicted molar refractivity (Wildman–Crippen MR) is 67.5 cm³/mol. The maximum atomic E-state index is 11.6. The minimum absolute atomic E-state index is 0.238. The summed E-state index contributed by atoms with van der Waals surface area (Å²) in [6.45, 7) is 1.57. The highest BCUT2D eigenvalue weighted by Gasteiger charge is 2.35. The minimum Gasteiger partial charge on any atom is -0.481 e. The first-order valence-electron chi connectivity index (χ1n) is 5.40. The molecule has 7 nitrogen and oxygen atoms in total. The molecule has 1 aliphatic rings. The van der Waals surface area contributed by atoms with E-state index in [1.165, 1.54) is 4.90 Å². The van der Waals surface area contributed by atoms with Gasteiger partial charge in [-0.15, -0.1) is 0 Å². The van der Waals surface area contributed by atoms with Gasteiger partial charge < -0.3 is 20.8 Å². The second kappa shape index (κ2) is 7.93. The minimum atomic E-state index is -0.956. The normalized spacial score (nSPS) is 19.7. The van der Waals surface area contributed by atoms with Crippen LogP contribution in [-0.2, 0) is 14.4 Å². The van der Waals surface area contributed by atoms with E-state index in [1.807, 2.05) is 0 Å². The van der Waals surface area contributed by atoms with Crippen LogP contribution in [0.25, 0.3) is 0 Å². The SMILES string of the molecule is CC(=O)O.N[C@H](CS)C(=O)N1CCC[C@H]1C(=O)O. The standard InChI is InChI=1S/C8H14N2O3S.C2H4O2/c9-5(4-14)7(11)10-3-1-2-6(10)8(12)13;1-2(3)4/h5-6,14H,1-4,9H2,(H,12,13);1H3,(H,3,4)/t5-,6+;/m1./s1. The summed E-state index contributed by atoms with van der Waals surface area (Å²) >= 11 is 3.91. The number of carboxylic acid groups (broad SMARTS) is 2. The first-order chi connectivity index (χ1) is 8.31.